The number of amides is 1. The zero-order chi connectivity index (χ0) is 20.4. The highest BCUT2D eigenvalue weighted by Gasteiger charge is 2.26. The van der Waals surface area contributed by atoms with E-state index in [4.69, 9.17) is 4.74 Å². The van der Waals surface area contributed by atoms with Crippen LogP contribution in [0.5, 0.6) is 0 Å². The molecule has 0 aliphatic carbocycles. The van der Waals surface area contributed by atoms with Gasteiger partial charge in [0, 0.05) is 25.9 Å². The lowest BCUT2D eigenvalue weighted by atomic mass is 10.1. The fourth-order valence-electron chi connectivity index (χ4n) is 2.71. The van der Waals surface area contributed by atoms with E-state index in [-0.39, 0.29) is 5.91 Å². The van der Waals surface area contributed by atoms with Crippen LogP contribution in [0.3, 0.4) is 0 Å². The number of carbonyl (C=O) groups excluding carboxylic acids is 2. The molecule has 2 rings (SSSR count). The highest BCUT2D eigenvalue weighted by molar-refractivity contribution is 5.85. The predicted octanol–water partition coefficient (Wildman–Crippen LogP) is 3.24. The van der Waals surface area contributed by atoms with Crippen molar-refractivity contribution in [1.82, 2.24) is 10.6 Å². The Morgan fingerprint density at radius 2 is 1.50 bits per heavy atom. The van der Waals surface area contributed by atoms with Gasteiger partial charge in [0.1, 0.15) is 11.6 Å². The van der Waals surface area contributed by atoms with E-state index in [1.54, 1.807) is 0 Å². The maximum Gasteiger partial charge on any atom is 0.329 e. The van der Waals surface area contributed by atoms with Crippen LogP contribution in [-0.2, 0) is 27.3 Å². The van der Waals surface area contributed by atoms with Crippen LogP contribution in [0.25, 0.3) is 0 Å². The molecule has 0 bridgehead atoms. The molecule has 1 atom stereocenters. The molecule has 2 aromatic carbocycles. The zero-order valence-corrected chi connectivity index (χ0v) is 16.9. The third-order valence-corrected chi connectivity index (χ3v) is 4.01. The highest BCUT2D eigenvalue weighted by Crippen LogP contribution is 2.11. The molecule has 2 aromatic rings. The molecule has 0 aliphatic heterocycles. The summed E-state index contributed by atoms with van der Waals surface area (Å²) in [6.45, 7) is 6.69. The van der Waals surface area contributed by atoms with Gasteiger partial charge >= 0.3 is 5.97 Å². The summed E-state index contributed by atoms with van der Waals surface area (Å²) in [4.78, 5) is 24.9. The van der Waals surface area contributed by atoms with Gasteiger partial charge in [-0.05, 0) is 31.9 Å². The summed E-state index contributed by atoms with van der Waals surface area (Å²) in [5.41, 5.74) is 1.54. The first-order chi connectivity index (χ1) is 13.3. The molecule has 0 spiro atoms. The Labute approximate surface area is 167 Å². The van der Waals surface area contributed by atoms with E-state index < -0.39 is 17.6 Å². The number of carbonyl (C=O) groups is 2. The standard InChI is InChI=1S/C23H30N2O3/c1-23(2,3)28-22(27)20(16-18-10-6-4-7-11-18)25-21(26)14-15-24-17-19-12-8-5-9-13-19/h4-13,20,24H,14-17H2,1-3H3,(H,25,26)/t20-/m0/s1. The van der Waals surface area contributed by atoms with Gasteiger partial charge in [0.2, 0.25) is 5.91 Å². The lowest BCUT2D eigenvalue weighted by molar-refractivity contribution is -0.158. The molecule has 0 fully saturated rings. The number of nitrogens with one attached hydrogen (secondary N) is 2. The lowest BCUT2D eigenvalue weighted by Crippen LogP contribution is -2.46. The molecule has 0 radical (unpaired) electrons. The Hall–Kier alpha value is -2.66. The molecule has 0 saturated carbocycles. The molecular weight excluding hydrogens is 352 g/mol. The number of benzene rings is 2. The summed E-state index contributed by atoms with van der Waals surface area (Å²) >= 11 is 0. The van der Waals surface area contributed by atoms with Crippen LogP contribution < -0.4 is 10.6 Å². The zero-order valence-electron chi connectivity index (χ0n) is 16.9. The van der Waals surface area contributed by atoms with Crippen molar-refractivity contribution in [3.8, 4) is 0 Å². The minimum absolute atomic E-state index is 0.174. The number of ether oxygens (including phenoxy) is 1. The van der Waals surface area contributed by atoms with E-state index in [1.165, 1.54) is 5.56 Å². The SMILES string of the molecule is CC(C)(C)OC(=O)[C@H](Cc1ccccc1)NC(=O)CCNCc1ccccc1. The topological polar surface area (TPSA) is 67.4 Å². The van der Waals surface area contributed by atoms with Crippen molar-refractivity contribution >= 4 is 11.9 Å². The number of esters is 1. The van der Waals surface area contributed by atoms with Gasteiger partial charge < -0.3 is 15.4 Å². The van der Waals surface area contributed by atoms with Gasteiger partial charge in [0.15, 0.2) is 0 Å². The van der Waals surface area contributed by atoms with E-state index in [0.29, 0.717) is 25.9 Å². The van der Waals surface area contributed by atoms with Crippen LogP contribution >= 0.6 is 0 Å². The van der Waals surface area contributed by atoms with E-state index in [0.717, 1.165) is 5.56 Å². The van der Waals surface area contributed by atoms with Crippen LogP contribution in [-0.4, -0.2) is 30.1 Å². The smallest absolute Gasteiger partial charge is 0.329 e. The van der Waals surface area contributed by atoms with Crippen molar-refractivity contribution in [3.63, 3.8) is 0 Å². The molecule has 0 aromatic heterocycles. The molecule has 0 aliphatic rings. The first-order valence-electron chi connectivity index (χ1n) is 9.64. The largest absolute Gasteiger partial charge is 0.458 e. The maximum atomic E-state index is 12.6. The van der Waals surface area contributed by atoms with Gasteiger partial charge in [-0.1, -0.05) is 60.7 Å². The molecule has 2 N–H and O–H groups in total. The normalized spacial score (nSPS) is 12.2. The Balaban J connectivity index is 1.87. The highest BCUT2D eigenvalue weighted by atomic mass is 16.6. The van der Waals surface area contributed by atoms with Gasteiger partial charge in [-0.25, -0.2) is 4.79 Å². The molecule has 28 heavy (non-hydrogen) atoms. The van der Waals surface area contributed by atoms with Gasteiger partial charge in [-0.2, -0.15) is 0 Å². The summed E-state index contributed by atoms with van der Waals surface area (Å²) in [6.07, 6.45) is 0.694. The van der Waals surface area contributed by atoms with Crippen molar-refractivity contribution in [2.45, 2.75) is 51.8 Å². The Kier molecular flexibility index (Phi) is 8.20. The van der Waals surface area contributed by atoms with E-state index in [1.807, 2.05) is 81.4 Å². The summed E-state index contributed by atoms with van der Waals surface area (Å²) in [7, 11) is 0. The summed E-state index contributed by atoms with van der Waals surface area (Å²) in [6, 6.07) is 18.9. The third-order valence-electron chi connectivity index (χ3n) is 4.01. The van der Waals surface area contributed by atoms with Crippen molar-refractivity contribution in [3.05, 3.63) is 71.8 Å². The van der Waals surface area contributed by atoms with E-state index in [9.17, 15) is 9.59 Å². The molecule has 1 amide bonds. The number of hydrogen-bond donors (Lipinski definition) is 2. The Morgan fingerprint density at radius 3 is 2.07 bits per heavy atom. The Bertz CT molecular complexity index is 739. The Morgan fingerprint density at radius 1 is 0.929 bits per heavy atom. The monoisotopic (exact) mass is 382 g/mol. The third kappa shape index (κ3) is 8.35. The van der Waals surface area contributed by atoms with Crippen LogP contribution in [0, 0.1) is 0 Å². The maximum absolute atomic E-state index is 12.6. The van der Waals surface area contributed by atoms with Crippen LogP contribution in [0.4, 0.5) is 0 Å². The first-order valence-corrected chi connectivity index (χ1v) is 9.64. The van der Waals surface area contributed by atoms with Gasteiger partial charge in [0.25, 0.3) is 0 Å². The minimum Gasteiger partial charge on any atom is -0.458 e. The van der Waals surface area contributed by atoms with Gasteiger partial charge in [-0.15, -0.1) is 0 Å². The molecule has 150 valence electrons. The van der Waals surface area contributed by atoms with E-state index in [2.05, 4.69) is 10.6 Å². The molecule has 0 heterocycles. The molecule has 0 unspecified atom stereocenters. The van der Waals surface area contributed by atoms with Crippen molar-refractivity contribution < 1.29 is 14.3 Å². The average Bonchev–Trinajstić information content (AvgIpc) is 2.65. The summed E-state index contributed by atoms with van der Waals surface area (Å²) < 4.78 is 5.49. The summed E-state index contributed by atoms with van der Waals surface area (Å²) in [5.74, 6) is -0.589. The average molecular weight is 383 g/mol. The molecular formula is C23H30N2O3. The van der Waals surface area contributed by atoms with Gasteiger partial charge in [-0.3, -0.25) is 4.79 Å². The lowest BCUT2D eigenvalue weighted by Gasteiger charge is -2.24. The predicted molar refractivity (Wildman–Crippen MR) is 111 cm³/mol. The van der Waals surface area contributed by atoms with Crippen molar-refractivity contribution in [1.29, 1.82) is 0 Å². The van der Waals surface area contributed by atoms with Crippen LogP contribution in [0.15, 0.2) is 60.7 Å². The molecule has 0 saturated heterocycles. The van der Waals surface area contributed by atoms with E-state index >= 15 is 0 Å². The second kappa shape index (κ2) is 10.6. The van der Waals surface area contributed by atoms with Crippen molar-refractivity contribution in [2.24, 2.45) is 0 Å². The first kappa shape index (κ1) is 21.6. The van der Waals surface area contributed by atoms with Gasteiger partial charge in [0.05, 0.1) is 0 Å². The number of hydrogen-bond acceptors (Lipinski definition) is 4. The molecule has 5 nitrogen and oxygen atoms in total. The fraction of sp³-hybridized carbons (Fsp3) is 0.391. The fourth-order valence-corrected chi connectivity index (χ4v) is 2.71. The van der Waals surface area contributed by atoms with Crippen LogP contribution in [0.2, 0.25) is 0 Å². The number of rotatable bonds is 9. The second-order valence-electron chi connectivity index (χ2n) is 7.76. The summed E-state index contributed by atoms with van der Waals surface area (Å²) in [5, 5.41) is 6.08. The van der Waals surface area contributed by atoms with Crippen LogP contribution in [0.1, 0.15) is 38.3 Å². The van der Waals surface area contributed by atoms with Crippen molar-refractivity contribution in [2.75, 3.05) is 6.54 Å². The quantitative estimate of drug-likeness (QED) is 0.516. The second-order valence-corrected chi connectivity index (χ2v) is 7.76. The molecule has 5 heteroatoms. The minimum atomic E-state index is -0.705.